The van der Waals surface area contributed by atoms with E-state index in [1.165, 1.54) is 18.1 Å². The molecule has 5 rings (SSSR count). The van der Waals surface area contributed by atoms with Crippen molar-refractivity contribution < 1.29 is 75.9 Å². The maximum atomic E-state index is 12.7. The van der Waals surface area contributed by atoms with Crippen LogP contribution in [-0.2, 0) is 46.6 Å². The zero-order valence-electron chi connectivity index (χ0n) is 28.6. The second-order valence-corrected chi connectivity index (χ2v) is 14.5. The Morgan fingerprint density at radius 3 is 2.02 bits per heavy atom. The molecule has 0 saturated carbocycles. The summed E-state index contributed by atoms with van der Waals surface area (Å²) in [5, 5.41) is 17.6. The minimum absolute atomic E-state index is 0.00354. The number of benzene rings is 1. The molecule has 2 aliphatic rings. The fourth-order valence-electron chi connectivity index (χ4n) is 4.74. The second-order valence-electron chi connectivity index (χ2n) is 10.9. The van der Waals surface area contributed by atoms with Crippen LogP contribution < -0.4 is 5.73 Å². The summed E-state index contributed by atoms with van der Waals surface area (Å²) >= 11 is 0. The Balaban J connectivity index is 0.000000267. The van der Waals surface area contributed by atoms with Crippen molar-refractivity contribution in [2.75, 3.05) is 33.0 Å². The molecular formula is C28H39N7O16P2. The lowest BCUT2D eigenvalue weighted by atomic mass is 10.2. The fourth-order valence-corrected chi connectivity index (χ4v) is 6.46. The van der Waals surface area contributed by atoms with Crippen molar-refractivity contribution in [3.8, 4) is 0 Å². The van der Waals surface area contributed by atoms with Gasteiger partial charge < -0.3 is 58.1 Å². The molecule has 0 bridgehead atoms. The lowest BCUT2D eigenvalue weighted by molar-refractivity contribution is -0.150. The third-order valence-corrected chi connectivity index (χ3v) is 9.24. The summed E-state index contributed by atoms with van der Waals surface area (Å²) in [4.78, 5) is 60.1. The maximum Gasteiger partial charge on any atom is 0.377 e. The maximum absolute atomic E-state index is 12.7. The minimum Gasteiger partial charge on any atom is -0.463 e. The molecule has 1 aromatic carbocycles. The summed E-state index contributed by atoms with van der Waals surface area (Å²) in [5.74, 6) is -2.55. The van der Waals surface area contributed by atoms with Crippen molar-refractivity contribution >= 4 is 33.0 Å². The molecule has 25 heteroatoms. The van der Waals surface area contributed by atoms with E-state index in [0.717, 1.165) is 11.0 Å². The fraction of sp³-hybridized carbons (Fsp3) is 0.536. The van der Waals surface area contributed by atoms with Crippen LogP contribution in [0.15, 0.2) is 43.0 Å². The Kier molecular flexibility index (Phi) is 14.9. The molecular weight excluding hydrogens is 752 g/mol. The number of hydrogen-bond acceptors (Lipinski definition) is 18. The van der Waals surface area contributed by atoms with Crippen LogP contribution in [-0.4, -0.2) is 120 Å². The zero-order chi connectivity index (χ0) is 38.8. The Bertz CT molecular complexity index is 1760. The molecule has 2 aliphatic heterocycles. The highest BCUT2D eigenvalue weighted by atomic mass is 31.2. The van der Waals surface area contributed by atoms with Crippen LogP contribution in [0, 0.1) is 0 Å². The van der Waals surface area contributed by atoms with Crippen LogP contribution in [0.1, 0.15) is 70.7 Å². The van der Waals surface area contributed by atoms with Gasteiger partial charge in [-0.25, -0.2) is 28.9 Å². The van der Waals surface area contributed by atoms with E-state index in [1.807, 2.05) is 0 Å². The first-order chi connectivity index (χ1) is 25.1. The lowest BCUT2D eigenvalue weighted by Gasteiger charge is -2.19. The largest absolute Gasteiger partial charge is 0.463 e. The van der Waals surface area contributed by atoms with Crippen molar-refractivity contribution in [1.29, 1.82) is 0 Å². The minimum atomic E-state index is -4.32. The molecule has 6 atom stereocenters. The number of carbonyl (C=O) groups excluding carboxylic acids is 3. The number of aliphatic hydroxyl groups excluding tert-OH is 1. The predicted molar refractivity (Wildman–Crippen MR) is 173 cm³/mol. The first kappa shape index (κ1) is 41.8. The molecule has 5 N–H and O–H groups in total. The molecule has 0 radical (unpaired) electrons. The number of methoxy groups -OCH3 is 1. The Labute approximate surface area is 301 Å². The van der Waals surface area contributed by atoms with Crippen LogP contribution in [0.3, 0.4) is 0 Å². The smallest absolute Gasteiger partial charge is 0.377 e. The monoisotopic (exact) mass is 791 g/mol. The second kappa shape index (κ2) is 18.9. The summed E-state index contributed by atoms with van der Waals surface area (Å²) < 4.78 is 68.0. The number of aromatic nitrogens is 6. The molecule has 3 aromatic rings. The van der Waals surface area contributed by atoms with E-state index in [2.05, 4.69) is 24.9 Å². The van der Waals surface area contributed by atoms with Gasteiger partial charge in [-0.2, -0.15) is 0 Å². The standard InChI is InChI=1S/C20H26N3O9P.C8H13N4O7P/c1-4-29-33(26,30-5-2)13-28-16-11-15(31-19(24)14-9-7-6-8-10-14)18(32-16)23-12-21-17(22-23)20(25)27-3;9-6(14)7-10-2-12(11-7)8-4(13)1-5(19-8)18-3-20(15,16)17/h6-10,12,15-16,18H,4-5,11,13H2,1-3H3;2,4-5,8,13H,1,3H2,(H2,9,14)(H2,15,16,17)/t15-,16+,18-;4-,5+,8-/m11/s1. The van der Waals surface area contributed by atoms with Gasteiger partial charge in [0.05, 0.1) is 25.9 Å². The van der Waals surface area contributed by atoms with E-state index >= 15 is 0 Å². The number of primary amides is 1. The number of esters is 2. The van der Waals surface area contributed by atoms with E-state index in [0.29, 0.717) is 5.56 Å². The molecule has 2 aromatic heterocycles. The molecule has 2 saturated heterocycles. The van der Waals surface area contributed by atoms with Gasteiger partial charge in [-0.3, -0.25) is 13.9 Å². The summed E-state index contributed by atoms with van der Waals surface area (Å²) in [7, 11) is -6.59. The third-order valence-electron chi connectivity index (χ3n) is 6.98. The number of amides is 1. The van der Waals surface area contributed by atoms with Crippen LogP contribution in [0.2, 0.25) is 0 Å². The summed E-state index contributed by atoms with van der Waals surface area (Å²) in [5.41, 5.74) is 5.34. The molecule has 0 aliphatic carbocycles. The van der Waals surface area contributed by atoms with E-state index in [-0.39, 0.29) is 44.1 Å². The van der Waals surface area contributed by atoms with E-state index < -0.39 is 76.6 Å². The SMILES string of the molecule is CCOP(=O)(CO[C@@H]1C[C@@H](OC(=O)c2ccccc2)[C@H](n2cnc(C(=O)OC)n2)O1)OCC.NC(=O)c1ncn([C@@H]2O[C@H](OCP(=O)(O)O)C[C@H]2O)n1. The topological polar surface area (TPSA) is 307 Å². The molecule has 1 amide bonds. The Morgan fingerprint density at radius 1 is 0.868 bits per heavy atom. The highest BCUT2D eigenvalue weighted by Gasteiger charge is 2.42. The molecule has 0 unspecified atom stereocenters. The van der Waals surface area contributed by atoms with Gasteiger partial charge >= 0.3 is 27.1 Å². The number of ether oxygens (including phenoxy) is 6. The van der Waals surface area contributed by atoms with Gasteiger partial charge in [-0.15, -0.1) is 10.2 Å². The van der Waals surface area contributed by atoms with Crippen LogP contribution in [0.4, 0.5) is 0 Å². The van der Waals surface area contributed by atoms with Crippen LogP contribution >= 0.6 is 15.2 Å². The van der Waals surface area contributed by atoms with Gasteiger partial charge in [0.2, 0.25) is 5.82 Å². The number of nitrogens with two attached hydrogens (primary N) is 1. The van der Waals surface area contributed by atoms with Gasteiger partial charge in [0.25, 0.3) is 11.7 Å². The number of rotatable bonds is 16. The van der Waals surface area contributed by atoms with E-state index in [4.69, 9.17) is 48.3 Å². The summed E-state index contributed by atoms with van der Waals surface area (Å²) in [6, 6.07) is 8.44. The first-order valence-electron chi connectivity index (χ1n) is 15.8. The van der Waals surface area contributed by atoms with Gasteiger partial charge in [-0.05, 0) is 26.0 Å². The van der Waals surface area contributed by atoms with Crippen LogP contribution in [0.25, 0.3) is 0 Å². The van der Waals surface area contributed by atoms with E-state index in [1.54, 1.807) is 44.2 Å². The molecule has 2 fully saturated rings. The van der Waals surface area contributed by atoms with Gasteiger partial charge in [-0.1, -0.05) is 18.2 Å². The third kappa shape index (κ3) is 12.0. The van der Waals surface area contributed by atoms with Crippen molar-refractivity contribution in [2.24, 2.45) is 5.73 Å². The Morgan fingerprint density at radius 2 is 1.43 bits per heavy atom. The quantitative estimate of drug-likeness (QED) is 0.116. The zero-order valence-corrected chi connectivity index (χ0v) is 30.3. The molecule has 0 spiro atoms. The molecule has 4 heterocycles. The van der Waals surface area contributed by atoms with Gasteiger partial charge in [0, 0.05) is 12.8 Å². The molecule has 292 valence electrons. The average Bonchev–Trinajstić information content (AvgIpc) is 3.93. The molecule has 23 nitrogen and oxygen atoms in total. The number of nitrogens with zero attached hydrogens (tertiary/aromatic N) is 6. The highest BCUT2D eigenvalue weighted by Crippen LogP contribution is 2.49. The normalized spacial score (nSPS) is 22.9. The first-order valence-corrected chi connectivity index (χ1v) is 19.3. The summed E-state index contributed by atoms with van der Waals surface area (Å²) in [6.07, 6.45) is -4.36. The van der Waals surface area contributed by atoms with Gasteiger partial charge in [0.1, 0.15) is 18.8 Å². The van der Waals surface area contributed by atoms with E-state index in [9.17, 15) is 28.6 Å². The van der Waals surface area contributed by atoms with Gasteiger partial charge in [0.15, 0.2) is 43.8 Å². The van der Waals surface area contributed by atoms with Crippen molar-refractivity contribution in [1.82, 2.24) is 29.5 Å². The van der Waals surface area contributed by atoms with Crippen molar-refractivity contribution in [3.05, 3.63) is 60.2 Å². The number of aliphatic hydroxyl groups is 1. The highest BCUT2D eigenvalue weighted by molar-refractivity contribution is 7.53. The predicted octanol–water partition coefficient (Wildman–Crippen LogP) is 0.910. The van der Waals surface area contributed by atoms with Crippen molar-refractivity contribution in [3.63, 3.8) is 0 Å². The lowest BCUT2D eigenvalue weighted by Crippen LogP contribution is -2.26. The Hall–Kier alpha value is -3.99. The molecule has 53 heavy (non-hydrogen) atoms. The summed E-state index contributed by atoms with van der Waals surface area (Å²) in [6.45, 7) is 3.75. The average molecular weight is 792 g/mol. The number of carbonyl (C=O) groups is 3. The van der Waals surface area contributed by atoms with Crippen LogP contribution in [0.5, 0.6) is 0 Å². The number of hydrogen-bond donors (Lipinski definition) is 4. The van der Waals surface area contributed by atoms with Crippen molar-refractivity contribution in [2.45, 2.75) is 63.9 Å².